The Morgan fingerprint density at radius 2 is 2.00 bits per heavy atom. The summed E-state index contributed by atoms with van der Waals surface area (Å²) in [6.07, 6.45) is 0. The quantitative estimate of drug-likeness (QED) is 0.537. The number of halogens is 2. The number of esters is 1. The highest BCUT2D eigenvalue weighted by Gasteiger charge is 2.11. The van der Waals surface area contributed by atoms with Crippen LogP contribution < -0.4 is 4.74 Å². The SMILES string of the molecule is CC(=O)Oc1cc(O)c(F)cc1F. The molecule has 0 aromatic heterocycles. The monoisotopic (exact) mass is 188 g/mol. The zero-order valence-corrected chi connectivity index (χ0v) is 6.67. The Morgan fingerprint density at radius 3 is 2.54 bits per heavy atom. The van der Waals surface area contributed by atoms with E-state index in [0.717, 1.165) is 6.92 Å². The lowest BCUT2D eigenvalue weighted by Crippen LogP contribution is -2.03. The maximum Gasteiger partial charge on any atom is 0.308 e. The third-order valence-electron chi connectivity index (χ3n) is 1.26. The molecule has 0 bridgehead atoms. The van der Waals surface area contributed by atoms with Gasteiger partial charge in [0, 0.05) is 19.1 Å². The number of phenols is 1. The van der Waals surface area contributed by atoms with Crippen molar-refractivity contribution in [2.24, 2.45) is 0 Å². The number of aromatic hydroxyl groups is 1. The van der Waals surface area contributed by atoms with E-state index >= 15 is 0 Å². The van der Waals surface area contributed by atoms with Crippen molar-refractivity contribution in [1.29, 1.82) is 0 Å². The van der Waals surface area contributed by atoms with Crippen LogP contribution in [0.3, 0.4) is 0 Å². The molecule has 0 aliphatic heterocycles. The van der Waals surface area contributed by atoms with Crippen LogP contribution in [0.1, 0.15) is 6.92 Å². The van der Waals surface area contributed by atoms with Crippen LogP contribution >= 0.6 is 0 Å². The maximum absolute atomic E-state index is 12.8. The van der Waals surface area contributed by atoms with E-state index in [1.54, 1.807) is 0 Å². The van der Waals surface area contributed by atoms with Gasteiger partial charge in [-0.3, -0.25) is 4.79 Å². The van der Waals surface area contributed by atoms with Crippen LogP contribution in [-0.2, 0) is 4.79 Å². The van der Waals surface area contributed by atoms with E-state index in [-0.39, 0.29) is 0 Å². The topological polar surface area (TPSA) is 46.5 Å². The number of carbonyl (C=O) groups is 1. The highest BCUT2D eigenvalue weighted by molar-refractivity contribution is 5.69. The van der Waals surface area contributed by atoms with Crippen molar-refractivity contribution in [2.75, 3.05) is 0 Å². The zero-order chi connectivity index (χ0) is 10.0. The van der Waals surface area contributed by atoms with E-state index in [4.69, 9.17) is 5.11 Å². The van der Waals surface area contributed by atoms with Crippen LogP contribution in [0.5, 0.6) is 11.5 Å². The van der Waals surface area contributed by atoms with Crippen molar-refractivity contribution >= 4 is 5.97 Å². The first-order valence-corrected chi connectivity index (χ1v) is 3.37. The van der Waals surface area contributed by atoms with Crippen molar-refractivity contribution in [3.8, 4) is 11.5 Å². The van der Waals surface area contributed by atoms with Crippen molar-refractivity contribution in [3.63, 3.8) is 0 Å². The predicted octanol–water partition coefficient (Wildman–Crippen LogP) is 1.60. The molecule has 0 radical (unpaired) electrons. The maximum atomic E-state index is 12.8. The van der Waals surface area contributed by atoms with E-state index in [0.29, 0.717) is 12.1 Å². The first-order chi connectivity index (χ1) is 6.00. The summed E-state index contributed by atoms with van der Waals surface area (Å²) >= 11 is 0. The van der Waals surface area contributed by atoms with E-state index in [2.05, 4.69) is 4.74 Å². The molecule has 0 saturated heterocycles. The molecule has 0 spiro atoms. The van der Waals surface area contributed by atoms with Crippen molar-refractivity contribution in [2.45, 2.75) is 6.92 Å². The first-order valence-electron chi connectivity index (χ1n) is 3.37. The lowest BCUT2D eigenvalue weighted by molar-refractivity contribution is -0.132. The molecule has 0 unspecified atom stereocenters. The van der Waals surface area contributed by atoms with Crippen LogP contribution in [0, 0.1) is 11.6 Å². The zero-order valence-electron chi connectivity index (χ0n) is 6.67. The van der Waals surface area contributed by atoms with Gasteiger partial charge in [-0.2, -0.15) is 0 Å². The van der Waals surface area contributed by atoms with Crippen molar-refractivity contribution < 1.29 is 23.4 Å². The van der Waals surface area contributed by atoms with Gasteiger partial charge in [0.25, 0.3) is 0 Å². The fraction of sp³-hybridized carbons (Fsp3) is 0.125. The summed E-state index contributed by atoms with van der Waals surface area (Å²) < 4.78 is 29.6. The van der Waals surface area contributed by atoms with Gasteiger partial charge in [0.15, 0.2) is 23.1 Å². The second-order valence-electron chi connectivity index (χ2n) is 2.33. The summed E-state index contributed by atoms with van der Waals surface area (Å²) in [7, 11) is 0. The van der Waals surface area contributed by atoms with Crippen molar-refractivity contribution in [3.05, 3.63) is 23.8 Å². The minimum Gasteiger partial charge on any atom is -0.505 e. The first kappa shape index (κ1) is 9.44. The molecular formula is C8H6F2O3. The van der Waals surface area contributed by atoms with Crippen LogP contribution in [-0.4, -0.2) is 11.1 Å². The molecule has 3 nitrogen and oxygen atoms in total. The second-order valence-corrected chi connectivity index (χ2v) is 2.33. The number of hydrogen-bond acceptors (Lipinski definition) is 3. The summed E-state index contributed by atoms with van der Waals surface area (Å²) in [6.45, 7) is 1.07. The van der Waals surface area contributed by atoms with E-state index < -0.39 is 29.1 Å². The fourth-order valence-corrected chi connectivity index (χ4v) is 0.751. The molecule has 0 amide bonds. The van der Waals surface area contributed by atoms with E-state index in [1.165, 1.54) is 0 Å². The van der Waals surface area contributed by atoms with Crippen LogP contribution in [0.4, 0.5) is 8.78 Å². The number of carbonyl (C=O) groups excluding carboxylic acids is 1. The van der Waals surface area contributed by atoms with Crippen LogP contribution in [0.15, 0.2) is 12.1 Å². The Bertz CT molecular complexity index is 349. The molecule has 0 aliphatic carbocycles. The molecule has 0 atom stereocenters. The molecule has 1 N–H and O–H groups in total. The van der Waals surface area contributed by atoms with Crippen LogP contribution in [0.2, 0.25) is 0 Å². The van der Waals surface area contributed by atoms with Gasteiger partial charge in [-0.05, 0) is 0 Å². The highest BCUT2D eigenvalue weighted by Crippen LogP contribution is 2.25. The fourth-order valence-electron chi connectivity index (χ4n) is 0.751. The summed E-state index contributed by atoms with van der Waals surface area (Å²) in [5.74, 6) is -4.15. The Morgan fingerprint density at radius 1 is 1.38 bits per heavy atom. The minimum absolute atomic E-state index is 0.438. The molecule has 0 aliphatic rings. The van der Waals surface area contributed by atoms with Gasteiger partial charge in [-0.25, -0.2) is 8.78 Å². The smallest absolute Gasteiger partial charge is 0.308 e. The predicted molar refractivity (Wildman–Crippen MR) is 39.3 cm³/mol. The molecular weight excluding hydrogens is 182 g/mol. The molecule has 1 aromatic rings. The number of benzene rings is 1. The summed E-state index contributed by atoms with van der Waals surface area (Å²) in [5, 5.41) is 8.80. The average Bonchev–Trinajstić information content (AvgIpc) is 1.99. The molecule has 1 aromatic carbocycles. The molecule has 70 valence electrons. The summed E-state index contributed by atoms with van der Waals surface area (Å²) in [6, 6.07) is 1.14. The lowest BCUT2D eigenvalue weighted by Gasteiger charge is -2.03. The molecule has 0 fully saturated rings. The third-order valence-corrected chi connectivity index (χ3v) is 1.26. The van der Waals surface area contributed by atoms with Gasteiger partial charge in [-0.1, -0.05) is 0 Å². The Balaban J connectivity index is 3.08. The largest absolute Gasteiger partial charge is 0.505 e. The molecule has 0 heterocycles. The van der Waals surface area contributed by atoms with Crippen molar-refractivity contribution in [1.82, 2.24) is 0 Å². The Kier molecular flexibility index (Phi) is 2.46. The van der Waals surface area contributed by atoms with Gasteiger partial charge >= 0.3 is 5.97 Å². The van der Waals surface area contributed by atoms with Gasteiger partial charge < -0.3 is 9.84 Å². The second kappa shape index (κ2) is 3.38. The molecule has 5 heteroatoms. The van der Waals surface area contributed by atoms with Gasteiger partial charge in [0.2, 0.25) is 0 Å². The summed E-state index contributed by atoms with van der Waals surface area (Å²) in [5.41, 5.74) is 0. The molecule has 0 saturated carbocycles. The number of hydrogen-bond donors (Lipinski definition) is 1. The average molecular weight is 188 g/mol. The number of phenolic OH excluding ortho intramolecular Hbond substituents is 1. The van der Waals surface area contributed by atoms with Gasteiger partial charge in [0.1, 0.15) is 0 Å². The van der Waals surface area contributed by atoms with Crippen LogP contribution in [0.25, 0.3) is 0 Å². The third kappa shape index (κ3) is 2.14. The number of ether oxygens (including phenoxy) is 1. The minimum atomic E-state index is -1.10. The summed E-state index contributed by atoms with van der Waals surface area (Å²) in [4.78, 5) is 10.4. The Hall–Kier alpha value is -1.65. The standard InChI is InChI=1S/C8H6F2O3/c1-4(11)13-8-3-7(12)5(9)2-6(8)10/h2-3,12H,1H3. The van der Waals surface area contributed by atoms with Gasteiger partial charge in [0.05, 0.1) is 0 Å². The molecule has 13 heavy (non-hydrogen) atoms. The Labute approximate surface area is 72.6 Å². The van der Waals surface area contributed by atoms with E-state index in [9.17, 15) is 13.6 Å². The lowest BCUT2D eigenvalue weighted by atomic mass is 10.3. The normalized spacial score (nSPS) is 9.77. The molecule has 1 rings (SSSR count). The van der Waals surface area contributed by atoms with Gasteiger partial charge in [-0.15, -0.1) is 0 Å². The number of rotatable bonds is 1. The van der Waals surface area contributed by atoms with E-state index in [1.807, 2.05) is 0 Å². The highest BCUT2D eigenvalue weighted by atomic mass is 19.1.